The van der Waals surface area contributed by atoms with Crippen LogP contribution < -0.4 is 5.32 Å². The van der Waals surface area contributed by atoms with Crippen LogP contribution in [0.4, 0.5) is 0 Å². The van der Waals surface area contributed by atoms with Gasteiger partial charge in [-0.25, -0.2) is 9.97 Å². The average molecular weight is 242 g/mol. The van der Waals surface area contributed by atoms with Crippen molar-refractivity contribution in [2.24, 2.45) is 0 Å². The van der Waals surface area contributed by atoms with E-state index in [1.165, 1.54) is 6.33 Å². The molecule has 0 aromatic carbocycles. The number of hydrogen-bond acceptors (Lipinski definition) is 4. The molecule has 2 aromatic heterocycles. The van der Waals surface area contributed by atoms with Gasteiger partial charge in [-0.15, -0.1) is 0 Å². The number of nitrogens with one attached hydrogen (secondary N) is 1. The Morgan fingerprint density at radius 2 is 2.00 bits per heavy atom. The van der Waals surface area contributed by atoms with Crippen molar-refractivity contribution in [1.82, 2.24) is 20.3 Å². The minimum Gasteiger partial charge on any atom is -0.350 e. The normalized spacial score (nSPS) is 10.4. The first kappa shape index (κ1) is 12.2. The second-order valence-electron chi connectivity index (χ2n) is 4.19. The summed E-state index contributed by atoms with van der Waals surface area (Å²) in [5.41, 5.74) is 2.06. The summed E-state index contributed by atoms with van der Waals surface area (Å²) in [5, 5.41) is 2.84. The molecule has 0 aliphatic carbocycles. The first-order valence-electron chi connectivity index (χ1n) is 5.69. The van der Waals surface area contributed by atoms with Crippen molar-refractivity contribution < 1.29 is 4.79 Å². The van der Waals surface area contributed by atoms with Crippen molar-refractivity contribution in [3.63, 3.8) is 0 Å². The molecule has 0 spiro atoms. The zero-order valence-electron chi connectivity index (χ0n) is 10.3. The highest BCUT2D eigenvalue weighted by atomic mass is 16.1. The maximum atomic E-state index is 11.9. The van der Waals surface area contributed by atoms with E-state index >= 15 is 0 Å². The zero-order chi connectivity index (χ0) is 13.0. The molecular formula is C13H14N4O. The lowest BCUT2D eigenvalue weighted by Crippen LogP contribution is -2.30. The molecule has 2 aromatic rings. The van der Waals surface area contributed by atoms with Gasteiger partial charge in [-0.1, -0.05) is 0 Å². The van der Waals surface area contributed by atoms with E-state index in [2.05, 4.69) is 20.3 Å². The predicted molar refractivity (Wildman–Crippen MR) is 67.9 cm³/mol. The minimum absolute atomic E-state index is 0.106. The second kappa shape index (κ2) is 5.35. The Morgan fingerprint density at radius 3 is 2.67 bits per heavy atom. The molecule has 18 heavy (non-hydrogen) atoms. The van der Waals surface area contributed by atoms with Gasteiger partial charge in [0.25, 0.3) is 5.91 Å². The maximum Gasteiger partial charge on any atom is 0.251 e. The third-order valence-corrected chi connectivity index (χ3v) is 2.30. The van der Waals surface area contributed by atoms with E-state index in [9.17, 15) is 4.79 Å². The fraction of sp³-hybridized carbons (Fsp3) is 0.231. The van der Waals surface area contributed by atoms with Gasteiger partial charge >= 0.3 is 0 Å². The van der Waals surface area contributed by atoms with Crippen LogP contribution in [0.1, 0.15) is 24.2 Å². The minimum atomic E-state index is -0.106. The molecule has 92 valence electrons. The van der Waals surface area contributed by atoms with Crippen LogP contribution in [-0.4, -0.2) is 26.9 Å². The van der Waals surface area contributed by atoms with Crippen LogP contribution in [0.2, 0.25) is 0 Å². The van der Waals surface area contributed by atoms with Crippen LogP contribution in [0.25, 0.3) is 11.3 Å². The van der Waals surface area contributed by atoms with Crippen molar-refractivity contribution in [3.05, 3.63) is 42.6 Å². The van der Waals surface area contributed by atoms with Gasteiger partial charge in [0.15, 0.2) is 0 Å². The topological polar surface area (TPSA) is 67.8 Å². The second-order valence-corrected chi connectivity index (χ2v) is 4.19. The van der Waals surface area contributed by atoms with Crippen LogP contribution in [-0.2, 0) is 0 Å². The third kappa shape index (κ3) is 2.88. The van der Waals surface area contributed by atoms with Crippen LogP contribution in [0, 0.1) is 0 Å². The Hall–Kier alpha value is -2.30. The van der Waals surface area contributed by atoms with Gasteiger partial charge in [-0.2, -0.15) is 0 Å². The predicted octanol–water partition coefficient (Wildman–Crippen LogP) is 1.68. The number of aromatic nitrogens is 3. The van der Waals surface area contributed by atoms with Crippen LogP contribution >= 0.6 is 0 Å². The summed E-state index contributed by atoms with van der Waals surface area (Å²) in [5.74, 6) is -0.106. The number of nitrogens with zero attached hydrogens (tertiary/aromatic N) is 3. The van der Waals surface area contributed by atoms with Gasteiger partial charge in [-0.3, -0.25) is 9.78 Å². The zero-order valence-corrected chi connectivity index (χ0v) is 10.3. The quantitative estimate of drug-likeness (QED) is 0.889. The summed E-state index contributed by atoms with van der Waals surface area (Å²) >= 11 is 0. The summed E-state index contributed by atoms with van der Waals surface area (Å²) in [6, 6.07) is 3.52. The molecule has 0 atom stereocenters. The molecule has 1 N–H and O–H groups in total. The van der Waals surface area contributed by atoms with Crippen LogP contribution in [0.5, 0.6) is 0 Å². The van der Waals surface area contributed by atoms with Gasteiger partial charge in [0, 0.05) is 35.8 Å². The number of carbonyl (C=O) groups is 1. The van der Waals surface area contributed by atoms with Crippen LogP contribution in [0.15, 0.2) is 37.1 Å². The highest BCUT2D eigenvalue weighted by Crippen LogP contribution is 2.15. The van der Waals surface area contributed by atoms with E-state index < -0.39 is 0 Å². The molecule has 0 aliphatic rings. The third-order valence-electron chi connectivity index (χ3n) is 2.30. The Morgan fingerprint density at radius 1 is 1.28 bits per heavy atom. The molecule has 0 radical (unpaired) electrons. The summed E-state index contributed by atoms with van der Waals surface area (Å²) < 4.78 is 0. The van der Waals surface area contributed by atoms with Crippen molar-refractivity contribution in [2.75, 3.05) is 0 Å². The highest BCUT2D eigenvalue weighted by Gasteiger charge is 2.09. The molecule has 0 fully saturated rings. The number of amides is 1. The maximum absolute atomic E-state index is 11.9. The van der Waals surface area contributed by atoms with Gasteiger partial charge in [0.2, 0.25) is 0 Å². The summed E-state index contributed by atoms with van der Waals surface area (Å²) in [6.07, 6.45) is 6.40. The molecule has 5 heteroatoms. The molecule has 0 unspecified atom stereocenters. The Labute approximate surface area is 105 Å². The van der Waals surface area contributed by atoms with Crippen molar-refractivity contribution >= 4 is 5.91 Å². The van der Waals surface area contributed by atoms with E-state index in [-0.39, 0.29) is 11.9 Å². The molecule has 1 amide bonds. The van der Waals surface area contributed by atoms with E-state index in [1.807, 2.05) is 13.8 Å². The molecular weight excluding hydrogens is 228 g/mol. The number of rotatable bonds is 3. The van der Waals surface area contributed by atoms with Crippen molar-refractivity contribution in [2.45, 2.75) is 19.9 Å². The van der Waals surface area contributed by atoms with Crippen molar-refractivity contribution in [3.8, 4) is 11.3 Å². The Kier molecular flexibility index (Phi) is 3.62. The van der Waals surface area contributed by atoms with Gasteiger partial charge < -0.3 is 5.32 Å². The van der Waals surface area contributed by atoms with Crippen molar-refractivity contribution in [1.29, 1.82) is 0 Å². The molecule has 2 heterocycles. The lowest BCUT2D eigenvalue weighted by atomic mass is 10.1. The van der Waals surface area contributed by atoms with Gasteiger partial charge in [0.05, 0.1) is 5.69 Å². The smallest absolute Gasteiger partial charge is 0.251 e. The lowest BCUT2D eigenvalue weighted by Gasteiger charge is -2.08. The Bertz CT molecular complexity index is 540. The van der Waals surface area contributed by atoms with Gasteiger partial charge in [-0.05, 0) is 26.0 Å². The molecule has 2 rings (SSSR count). The molecule has 0 saturated carbocycles. The van der Waals surface area contributed by atoms with E-state index in [0.29, 0.717) is 11.3 Å². The highest BCUT2D eigenvalue weighted by molar-refractivity contribution is 5.95. The number of hydrogen-bond donors (Lipinski definition) is 1. The van der Waals surface area contributed by atoms with E-state index in [1.54, 1.807) is 30.7 Å². The largest absolute Gasteiger partial charge is 0.350 e. The average Bonchev–Trinajstić information content (AvgIpc) is 2.39. The fourth-order valence-corrected chi connectivity index (χ4v) is 1.51. The van der Waals surface area contributed by atoms with E-state index in [0.717, 1.165) is 5.56 Å². The molecule has 0 bridgehead atoms. The van der Waals surface area contributed by atoms with Gasteiger partial charge in [0.1, 0.15) is 6.33 Å². The lowest BCUT2D eigenvalue weighted by molar-refractivity contribution is 0.0943. The number of pyridine rings is 1. The fourth-order valence-electron chi connectivity index (χ4n) is 1.51. The monoisotopic (exact) mass is 242 g/mol. The summed E-state index contributed by atoms with van der Waals surface area (Å²) in [6.45, 7) is 3.84. The first-order chi connectivity index (χ1) is 8.66. The van der Waals surface area contributed by atoms with E-state index in [4.69, 9.17) is 0 Å². The number of carbonyl (C=O) groups excluding carboxylic acids is 1. The SMILES string of the molecule is CC(C)NC(=O)c1ccnc(-c2cncnc2)c1. The first-order valence-corrected chi connectivity index (χ1v) is 5.69. The molecule has 5 nitrogen and oxygen atoms in total. The molecule has 0 saturated heterocycles. The van der Waals surface area contributed by atoms with Crippen LogP contribution in [0.3, 0.4) is 0 Å². The molecule has 0 aliphatic heterocycles. The summed E-state index contributed by atoms with van der Waals surface area (Å²) in [4.78, 5) is 23.9. The Balaban J connectivity index is 2.28. The summed E-state index contributed by atoms with van der Waals surface area (Å²) in [7, 11) is 0. The standard InChI is InChI=1S/C13H14N4O/c1-9(2)17-13(18)10-3-4-16-12(5-10)11-6-14-8-15-7-11/h3-9H,1-2H3,(H,17,18).